The molecule has 0 spiro atoms. The van der Waals surface area contributed by atoms with Crippen molar-refractivity contribution in [1.29, 1.82) is 0 Å². The van der Waals surface area contributed by atoms with Crippen LogP contribution < -0.4 is 15.4 Å². The van der Waals surface area contributed by atoms with Gasteiger partial charge in [-0.05, 0) is 39.1 Å². The van der Waals surface area contributed by atoms with E-state index < -0.39 is 11.5 Å². The Kier molecular flexibility index (Phi) is 4.50. The van der Waals surface area contributed by atoms with Gasteiger partial charge in [-0.3, -0.25) is 4.79 Å². The second kappa shape index (κ2) is 5.71. The Bertz CT molecular complexity index is 497. The average molecular weight is 266 g/mol. The van der Waals surface area contributed by atoms with E-state index in [-0.39, 0.29) is 11.5 Å². The summed E-state index contributed by atoms with van der Waals surface area (Å²) in [6, 6.07) is 4.29. The first-order valence-electron chi connectivity index (χ1n) is 5.73. The smallest absolute Gasteiger partial charge is 0.335 e. The van der Waals surface area contributed by atoms with Crippen LogP contribution in [0.15, 0.2) is 18.2 Å². The summed E-state index contributed by atoms with van der Waals surface area (Å²) in [6.07, 6.45) is 0. The van der Waals surface area contributed by atoms with Gasteiger partial charge < -0.3 is 20.5 Å². The van der Waals surface area contributed by atoms with E-state index in [9.17, 15) is 9.59 Å². The lowest BCUT2D eigenvalue weighted by Crippen LogP contribution is -2.47. The van der Waals surface area contributed by atoms with Gasteiger partial charge in [-0.15, -0.1) is 0 Å². The molecule has 6 heteroatoms. The maximum absolute atomic E-state index is 12.0. The molecule has 0 aliphatic rings. The van der Waals surface area contributed by atoms with Gasteiger partial charge in [-0.1, -0.05) is 0 Å². The van der Waals surface area contributed by atoms with E-state index in [2.05, 4.69) is 10.6 Å². The SMILES string of the molecule is CNC(C)(C)C(=O)Nc1cc(C(=O)O)ccc1OC. The predicted molar refractivity (Wildman–Crippen MR) is 71.7 cm³/mol. The first kappa shape index (κ1) is 15.0. The van der Waals surface area contributed by atoms with Crippen molar-refractivity contribution < 1.29 is 19.4 Å². The number of carbonyl (C=O) groups excluding carboxylic acids is 1. The molecular weight excluding hydrogens is 248 g/mol. The maximum Gasteiger partial charge on any atom is 0.335 e. The third-order valence-electron chi connectivity index (χ3n) is 2.89. The summed E-state index contributed by atoms with van der Waals surface area (Å²) >= 11 is 0. The van der Waals surface area contributed by atoms with Crippen LogP contribution in [0.4, 0.5) is 5.69 Å². The number of methoxy groups -OCH3 is 1. The molecule has 104 valence electrons. The molecule has 0 bridgehead atoms. The minimum atomic E-state index is -1.06. The first-order valence-corrected chi connectivity index (χ1v) is 5.73. The number of hydrogen-bond acceptors (Lipinski definition) is 4. The lowest BCUT2D eigenvalue weighted by Gasteiger charge is -2.23. The molecule has 1 aromatic carbocycles. The van der Waals surface area contributed by atoms with Crippen molar-refractivity contribution in [3.8, 4) is 5.75 Å². The van der Waals surface area contributed by atoms with Gasteiger partial charge in [0.25, 0.3) is 0 Å². The Morgan fingerprint density at radius 2 is 1.95 bits per heavy atom. The third-order valence-corrected chi connectivity index (χ3v) is 2.89. The fourth-order valence-electron chi connectivity index (χ4n) is 1.33. The second-order valence-corrected chi connectivity index (χ2v) is 4.55. The van der Waals surface area contributed by atoms with Crippen LogP contribution in [0.2, 0.25) is 0 Å². The van der Waals surface area contributed by atoms with Gasteiger partial charge in [-0.25, -0.2) is 4.79 Å². The van der Waals surface area contributed by atoms with Crippen LogP contribution in [-0.4, -0.2) is 36.7 Å². The number of amides is 1. The summed E-state index contributed by atoms with van der Waals surface area (Å²) in [7, 11) is 3.12. The van der Waals surface area contributed by atoms with E-state index in [0.717, 1.165) is 0 Å². The summed E-state index contributed by atoms with van der Waals surface area (Å²) in [5, 5.41) is 14.5. The van der Waals surface area contributed by atoms with Gasteiger partial charge >= 0.3 is 5.97 Å². The number of benzene rings is 1. The van der Waals surface area contributed by atoms with Crippen LogP contribution in [0.1, 0.15) is 24.2 Å². The zero-order valence-electron chi connectivity index (χ0n) is 11.4. The van der Waals surface area contributed by atoms with Gasteiger partial charge in [0.2, 0.25) is 5.91 Å². The van der Waals surface area contributed by atoms with Crippen LogP contribution in [0.3, 0.4) is 0 Å². The van der Waals surface area contributed by atoms with E-state index in [1.54, 1.807) is 20.9 Å². The monoisotopic (exact) mass is 266 g/mol. The average Bonchev–Trinajstić information content (AvgIpc) is 2.38. The summed E-state index contributed by atoms with van der Waals surface area (Å²) < 4.78 is 5.10. The van der Waals surface area contributed by atoms with Crippen LogP contribution >= 0.6 is 0 Å². The molecule has 19 heavy (non-hydrogen) atoms. The molecular formula is C13H18N2O4. The van der Waals surface area contributed by atoms with Crippen LogP contribution in [0.5, 0.6) is 5.75 Å². The normalized spacial score (nSPS) is 10.9. The van der Waals surface area contributed by atoms with Gasteiger partial charge in [0.1, 0.15) is 5.75 Å². The Morgan fingerprint density at radius 1 is 1.32 bits per heavy atom. The van der Waals surface area contributed by atoms with Gasteiger partial charge in [-0.2, -0.15) is 0 Å². The molecule has 0 radical (unpaired) electrons. The number of likely N-dealkylation sites (N-methyl/N-ethyl adjacent to an activating group) is 1. The lowest BCUT2D eigenvalue weighted by atomic mass is 10.0. The van der Waals surface area contributed by atoms with Gasteiger partial charge in [0.05, 0.1) is 23.9 Å². The Labute approximate surface area is 111 Å². The molecule has 0 atom stereocenters. The van der Waals surface area contributed by atoms with Gasteiger partial charge in [0, 0.05) is 0 Å². The highest BCUT2D eigenvalue weighted by Gasteiger charge is 2.26. The Morgan fingerprint density at radius 3 is 2.42 bits per heavy atom. The standard InChI is InChI=1S/C13H18N2O4/c1-13(2,14-3)12(18)15-9-7-8(11(16)17)5-6-10(9)19-4/h5-7,14H,1-4H3,(H,15,18)(H,16,17). The zero-order valence-corrected chi connectivity index (χ0v) is 11.4. The second-order valence-electron chi connectivity index (χ2n) is 4.55. The van der Waals surface area contributed by atoms with E-state index in [1.807, 2.05) is 0 Å². The molecule has 3 N–H and O–H groups in total. The van der Waals surface area contributed by atoms with E-state index in [0.29, 0.717) is 11.4 Å². The molecule has 1 rings (SSSR count). The van der Waals surface area contributed by atoms with Crippen LogP contribution in [0, 0.1) is 0 Å². The molecule has 0 aliphatic heterocycles. The topological polar surface area (TPSA) is 87.7 Å². The van der Waals surface area contributed by atoms with Crippen molar-refractivity contribution in [3.05, 3.63) is 23.8 Å². The van der Waals surface area contributed by atoms with E-state index in [4.69, 9.17) is 9.84 Å². The van der Waals surface area contributed by atoms with Crippen LogP contribution in [0.25, 0.3) is 0 Å². The number of carboxylic acid groups (broad SMARTS) is 1. The summed E-state index contributed by atoms with van der Waals surface area (Å²) in [6.45, 7) is 3.44. The fourth-order valence-corrected chi connectivity index (χ4v) is 1.33. The number of carboxylic acids is 1. The Balaban J connectivity index is 3.08. The number of hydrogen-bond donors (Lipinski definition) is 3. The molecule has 0 fully saturated rings. The zero-order chi connectivity index (χ0) is 14.6. The molecule has 0 unspecified atom stereocenters. The molecule has 1 amide bonds. The van der Waals surface area contributed by atoms with Crippen molar-refractivity contribution in [2.75, 3.05) is 19.5 Å². The minimum absolute atomic E-state index is 0.0818. The number of carbonyl (C=O) groups is 2. The van der Waals surface area contributed by atoms with Crippen molar-refractivity contribution in [2.45, 2.75) is 19.4 Å². The summed E-state index contributed by atoms with van der Waals surface area (Å²) in [5.74, 6) is -0.938. The highest BCUT2D eigenvalue weighted by atomic mass is 16.5. The number of nitrogens with one attached hydrogen (secondary N) is 2. The summed E-state index contributed by atoms with van der Waals surface area (Å²) in [4.78, 5) is 23.0. The molecule has 6 nitrogen and oxygen atoms in total. The predicted octanol–water partition coefficient (Wildman–Crippen LogP) is 1.33. The minimum Gasteiger partial charge on any atom is -0.495 e. The number of ether oxygens (including phenoxy) is 1. The van der Waals surface area contributed by atoms with E-state index >= 15 is 0 Å². The summed E-state index contributed by atoms with van der Waals surface area (Å²) in [5.41, 5.74) is -0.362. The highest BCUT2D eigenvalue weighted by Crippen LogP contribution is 2.26. The van der Waals surface area contributed by atoms with E-state index in [1.165, 1.54) is 25.3 Å². The molecule has 0 saturated carbocycles. The number of anilines is 1. The van der Waals surface area contributed by atoms with Crippen molar-refractivity contribution in [3.63, 3.8) is 0 Å². The first-order chi connectivity index (χ1) is 8.81. The molecule has 0 saturated heterocycles. The van der Waals surface area contributed by atoms with Crippen molar-refractivity contribution in [1.82, 2.24) is 5.32 Å². The van der Waals surface area contributed by atoms with Crippen molar-refractivity contribution >= 4 is 17.6 Å². The number of rotatable bonds is 5. The molecule has 1 aromatic rings. The number of aromatic carboxylic acids is 1. The quantitative estimate of drug-likeness (QED) is 0.748. The lowest BCUT2D eigenvalue weighted by molar-refractivity contribution is -0.121. The third kappa shape index (κ3) is 3.45. The highest BCUT2D eigenvalue weighted by molar-refractivity contribution is 6.00. The fraction of sp³-hybridized carbons (Fsp3) is 0.385. The van der Waals surface area contributed by atoms with Gasteiger partial charge in [0.15, 0.2) is 0 Å². The molecule has 0 heterocycles. The van der Waals surface area contributed by atoms with Crippen molar-refractivity contribution in [2.24, 2.45) is 0 Å². The Hall–Kier alpha value is -2.08. The maximum atomic E-state index is 12.0. The van der Waals surface area contributed by atoms with Crippen LogP contribution in [-0.2, 0) is 4.79 Å². The molecule has 0 aromatic heterocycles. The largest absolute Gasteiger partial charge is 0.495 e. The molecule has 0 aliphatic carbocycles.